The van der Waals surface area contributed by atoms with Gasteiger partial charge in [-0.05, 0) is 24.7 Å². The summed E-state index contributed by atoms with van der Waals surface area (Å²) in [5.74, 6) is 1.16. The first kappa shape index (κ1) is 12.2. The number of hydrogen-bond acceptors (Lipinski definition) is 4. The van der Waals surface area contributed by atoms with E-state index in [2.05, 4.69) is 23.9 Å². The molecule has 5 nitrogen and oxygen atoms in total. The lowest BCUT2D eigenvalue weighted by Gasteiger charge is -2.10. The molecule has 5 heteroatoms. The van der Waals surface area contributed by atoms with Crippen LogP contribution in [-0.4, -0.2) is 31.8 Å². The summed E-state index contributed by atoms with van der Waals surface area (Å²) in [5.41, 5.74) is 0. The van der Waals surface area contributed by atoms with E-state index < -0.39 is 6.10 Å². The second-order valence-electron chi connectivity index (χ2n) is 5.18. The van der Waals surface area contributed by atoms with E-state index in [1.165, 1.54) is 6.33 Å². The predicted octanol–water partition coefficient (Wildman–Crippen LogP) is 0.817. The number of aliphatic hydroxyl groups is 1. The fourth-order valence-corrected chi connectivity index (χ4v) is 1.86. The van der Waals surface area contributed by atoms with Crippen molar-refractivity contribution in [3.05, 3.63) is 12.2 Å². The standard InChI is InChI=1S/C12H19N3O2/c1-8(2)6-15-11(13-7-14-15)5-10(16)12(17)9-3-4-9/h7-9,12,17H,3-6H2,1-2H3. The lowest BCUT2D eigenvalue weighted by molar-refractivity contribution is -0.127. The number of carbonyl (C=O) groups excluding carboxylic acids is 1. The average Bonchev–Trinajstić information content (AvgIpc) is 3.02. The van der Waals surface area contributed by atoms with Gasteiger partial charge >= 0.3 is 0 Å². The Kier molecular flexibility index (Phi) is 3.57. The molecule has 17 heavy (non-hydrogen) atoms. The second-order valence-corrected chi connectivity index (χ2v) is 5.18. The van der Waals surface area contributed by atoms with Crippen LogP contribution >= 0.6 is 0 Å². The summed E-state index contributed by atoms with van der Waals surface area (Å²) in [4.78, 5) is 15.9. The van der Waals surface area contributed by atoms with Crippen LogP contribution in [-0.2, 0) is 17.8 Å². The number of ketones is 1. The maximum atomic E-state index is 11.8. The molecule has 0 saturated heterocycles. The fourth-order valence-electron chi connectivity index (χ4n) is 1.86. The van der Waals surface area contributed by atoms with Crippen LogP contribution in [0.5, 0.6) is 0 Å². The molecule has 1 fully saturated rings. The van der Waals surface area contributed by atoms with Gasteiger partial charge in [0.15, 0.2) is 5.78 Å². The molecule has 0 aliphatic heterocycles. The first-order valence-corrected chi connectivity index (χ1v) is 6.15. The van der Waals surface area contributed by atoms with Crippen LogP contribution in [0.15, 0.2) is 6.33 Å². The zero-order valence-electron chi connectivity index (χ0n) is 10.3. The molecule has 1 heterocycles. The van der Waals surface area contributed by atoms with Gasteiger partial charge in [-0.25, -0.2) is 9.67 Å². The van der Waals surface area contributed by atoms with E-state index in [9.17, 15) is 9.90 Å². The smallest absolute Gasteiger partial charge is 0.169 e. The van der Waals surface area contributed by atoms with Crippen LogP contribution in [0.4, 0.5) is 0 Å². The lowest BCUT2D eigenvalue weighted by atomic mass is 10.1. The van der Waals surface area contributed by atoms with Crippen molar-refractivity contribution in [3.63, 3.8) is 0 Å². The minimum Gasteiger partial charge on any atom is -0.385 e. The third-order valence-corrected chi connectivity index (χ3v) is 2.96. The van der Waals surface area contributed by atoms with E-state index in [1.54, 1.807) is 4.68 Å². The predicted molar refractivity (Wildman–Crippen MR) is 62.3 cm³/mol. The Balaban J connectivity index is 1.97. The Morgan fingerprint density at radius 1 is 1.59 bits per heavy atom. The first-order valence-electron chi connectivity index (χ1n) is 6.15. The van der Waals surface area contributed by atoms with Crippen molar-refractivity contribution < 1.29 is 9.90 Å². The molecule has 1 N–H and O–H groups in total. The molecule has 0 aromatic carbocycles. The quantitative estimate of drug-likeness (QED) is 0.795. The third kappa shape index (κ3) is 3.12. The molecular formula is C12H19N3O2. The SMILES string of the molecule is CC(C)Cn1ncnc1CC(=O)C(O)C1CC1. The van der Waals surface area contributed by atoms with Crippen LogP contribution in [0.2, 0.25) is 0 Å². The van der Waals surface area contributed by atoms with Gasteiger partial charge in [-0.2, -0.15) is 5.10 Å². The Bertz CT molecular complexity index is 396. The second kappa shape index (κ2) is 4.96. The highest BCUT2D eigenvalue weighted by atomic mass is 16.3. The van der Waals surface area contributed by atoms with Crippen LogP contribution in [0.1, 0.15) is 32.5 Å². The molecular weight excluding hydrogens is 218 g/mol. The summed E-state index contributed by atoms with van der Waals surface area (Å²) in [6.45, 7) is 4.93. The molecule has 1 atom stereocenters. The van der Waals surface area contributed by atoms with Gasteiger partial charge in [0, 0.05) is 6.54 Å². The van der Waals surface area contributed by atoms with Crippen molar-refractivity contribution in [1.29, 1.82) is 0 Å². The van der Waals surface area contributed by atoms with E-state index in [0.29, 0.717) is 11.7 Å². The summed E-state index contributed by atoms with van der Waals surface area (Å²) >= 11 is 0. The van der Waals surface area contributed by atoms with E-state index in [4.69, 9.17) is 0 Å². The molecule has 1 aliphatic carbocycles. The normalized spacial score (nSPS) is 17.4. The zero-order chi connectivity index (χ0) is 12.4. The zero-order valence-corrected chi connectivity index (χ0v) is 10.3. The summed E-state index contributed by atoms with van der Waals surface area (Å²) in [6, 6.07) is 0. The minimum absolute atomic E-state index is 0.134. The Morgan fingerprint density at radius 2 is 2.29 bits per heavy atom. The van der Waals surface area contributed by atoms with E-state index in [1.807, 2.05) is 0 Å². The maximum absolute atomic E-state index is 11.8. The van der Waals surface area contributed by atoms with Crippen molar-refractivity contribution >= 4 is 5.78 Å². The summed E-state index contributed by atoms with van der Waals surface area (Å²) in [6.07, 6.45) is 2.77. The van der Waals surface area contributed by atoms with Gasteiger partial charge in [0.2, 0.25) is 0 Å². The number of nitrogens with zero attached hydrogens (tertiary/aromatic N) is 3. The first-order chi connectivity index (χ1) is 8.08. The van der Waals surface area contributed by atoms with Gasteiger partial charge in [0.1, 0.15) is 18.3 Å². The highest BCUT2D eigenvalue weighted by molar-refractivity contribution is 5.84. The maximum Gasteiger partial charge on any atom is 0.169 e. The highest BCUT2D eigenvalue weighted by Gasteiger charge is 2.34. The molecule has 1 saturated carbocycles. The molecule has 0 amide bonds. The fraction of sp³-hybridized carbons (Fsp3) is 0.750. The molecule has 0 spiro atoms. The molecule has 1 unspecified atom stereocenters. The van der Waals surface area contributed by atoms with E-state index >= 15 is 0 Å². The van der Waals surface area contributed by atoms with Crippen molar-refractivity contribution in [1.82, 2.24) is 14.8 Å². The Morgan fingerprint density at radius 3 is 2.88 bits per heavy atom. The van der Waals surface area contributed by atoms with Gasteiger partial charge in [-0.3, -0.25) is 4.79 Å². The monoisotopic (exact) mass is 237 g/mol. The number of aromatic nitrogens is 3. The molecule has 0 bridgehead atoms. The molecule has 0 radical (unpaired) electrons. The molecule has 1 aliphatic rings. The summed E-state index contributed by atoms with van der Waals surface area (Å²) in [5, 5.41) is 13.8. The molecule has 94 valence electrons. The van der Waals surface area contributed by atoms with Crippen molar-refractivity contribution in [2.24, 2.45) is 11.8 Å². The number of rotatable bonds is 6. The molecule has 1 aromatic heterocycles. The van der Waals surface area contributed by atoms with Gasteiger partial charge in [-0.15, -0.1) is 0 Å². The highest BCUT2D eigenvalue weighted by Crippen LogP contribution is 2.33. The van der Waals surface area contributed by atoms with Gasteiger partial charge in [0.25, 0.3) is 0 Å². The average molecular weight is 237 g/mol. The number of aliphatic hydroxyl groups excluding tert-OH is 1. The lowest BCUT2D eigenvalue weighted by Crippen LogP contribution is -2.26. The summed E-state index contributed by atoms with van der Waals surface area (Å²) < 4.78 is 1.75. The Hall–Kier alpha value is -1.23. The third-order valence-electron chi connectivity index (χ3n) is 2.96. The van der Waals surface area contributed by atoms with Gasteiger partial charge < -0.3 is 5.11 Å². The van der Waals surface area contributed by atoms with Crippen LogP contribution in [0, 0.1) is 11.8 Å². The number of hydrogen-bond donors (Lipinski definition) is 1. The molecule has 2 rings (SSSR count). The van der Waals surface area contributed by atoms with Gasteiger partial charge in [-0.1, -0.05) is 13.8 Å². The van der Waals surface area contributed by atoms with Crippen LogP contribution in [0.3, 0.4) is 0 Å². The number of Topliss-reactive ketones (excluding diaryl/α,β-unsaturated/α-hetero) is 1. The molecule has 1 aromatic rings. The summed E-state index contributed by atoms with van der Waals surface area (Å²) in [7, 11) is 0. The van der Waals surface area contributed by atoms with Crippen LogP contribution in [0.25, 0.3) is 0 Å². The van der Waals surface area contributed by atoms with Crippen molar-refractivity contribution in [3.8, 4) is 0 Å². The van der Waals surface area contributed by atoms with E-state index in [0.717, 1.165) is 19.4 Å². The largest absolute Gasteiger partial charge is 0.385 e. The number of carbonyl (C=O) groups is 1. The van der Waals surface area contributed by atoms with Crippen LogP contribution < -0.4 is 0 Å². The van der Waals surface area contributed by atoms with Crippen molar-refractivity contribution in [2.45, 2.75) is 45.8 Å². The van der Waals surface area contributed by atoms with Gasteiger partial charge in [0.05, 0.1) is 6.42 Å². The van der Waals surface area contributed by atoms with E-state index in [-0.39, 0.29) is 18.1 Å². The van der Waals surface area contributed by atoms with Crippen molar-refractivity contribution in [2.75, 3.05) is 0 Å². The minimum atomic E-state index is -0.806. The Labute approximate surface area is 101 Å². The topological polar surface area (TPSA) is 68.0 Å².